The summed E-state index contributed by atoms with van der Waals surface area (Å²) in [6.07, 6.45) is -2.64. The van der Waals surface area contributed by atoms with Gasteiger partial charge in [-0.2, -0.15) is 18.3 Å². The fourth-order valence-electron chi connectivity index (χ4n) is 1.30. The minimum Gasteiger partial charge on any atom is -0.344 e. The zero-order valence-electron chi connectivity index (χ0n) is 8.93. The first kappa shape index (κ1) is 12.5. The van der Waals surface area contributed by atoms with Crippen LogP contribution in [-0.2, 0) is 24.8 Å². The average molecular weight is 235 g/mol. The van der Waals surface area contributed by atoms with Crippen molar-refractivity contribution >= 4 is 5.91 Å². The predicted octanol–water partition coefficient (Wildman–Crippen LogP) is 1.16. The van der Waals surface area contributed by atoms with Crippen LogP contribution < -0.4 is 5.32 Å². The lowest BCUT2D eigenvalue weighted by atomic mass is 10.2. The molecule has 16 heavy (non-hydrogen) atoms. The number of nitrogens with one attached hydrogen (secondary N) is 1. The van der Waals surface area contributed by atoms with Gasteiger partial charge < -0.3 is 5.32 Å². The first-order chi connectivity index (χ1) is 7.34. The normalized spacial score (nSPS) is 11.6. The first-order valence-electron chi connectivity index (χ1n) is 4.71. The van der Waals surface area contributed by atoms with Crippen LogP contribution in [0.5, 0.6) is 0 Å². The Balaban J connectivity index is 2.64. The van der Waals surface area contributed by atoms with Crippen LogP contribution >= 0.6 is 0 Å². The second-order valence-corrected chi connectivity index (χ2v) is 3.31. The third kappa shape index (κ3) is 2.98. The zero-order chi connectivity index (χ0) is 12.3. The van der Waals surface area contributed by atoms with E-state index >= 15 is 0 Å². The second-order valence-electron chi connectivity index (χ2n) is 3.31. The standard InChI is InChI=1S/C9H12F3N3O/c1-3-7-6(5-15(2)14-7)4-13-8(16)9(10,11)12/h5H,3-4H2,1-2H3,(H,13,16). The number of hydrogen-bond donors (Lipinski definition) is 1. The molecule has 0 aliphatic rings. The highest BCUT2D eigenvalue weighted by Crippen LogP contribution is 2.15. The van der Waals surface area contributed by atoms with Crippen molar-refractivity contribution in [2.24, 2.45) is 7.05 Å². The summed E-state index contributed by atoms with van der Waals surface area (Å²) >= 11 is 0. The molecule has 0 unspecified atom stereocenters. The Bertz CT molecular complexity index is 384. The van der Waals surface area contributed by atoms with Gasteiger partial charge in [0.1, 0.15) is 0 Å². The molecule has 1 aromatic heterocycles. The van der Waals surface area contributed by atoms with Crippen molar-refractivity contribution in [1.29, 1.82) is 0 Å². The topological polar surface area (TPSA) is 46.9 Å². The van der Waals surface area contributed by atoms with Crippen molar-refractivity contribution < 1.29 is 18.0 Å². The van der Waals surface area contributed by atoms with E-state index in [0.717, 1.165) is 0 Å². The summed E-state index contributed by atoms with van der Waals surface area (Å²) in [5.74, 6) is -1.93. The molecule has 0 atom stereocenters. The molecule has 90 valence electrons. The Hall–Kier alpha value is -1.53. The van der Waals surface area contributed by atoms with E-state index in [4.69, 9.17) is 0 Å². The maximum absolute atomic E-state index is 11.9. The van der Waals surface area contributed by atoms with Crippen molar-refractivity contribution in [3.63, 3.8) is 0 Å². The van der Waals surface area contributed by atoms with E-state index in [-0.39, 0.29) is 6.54 Å². The minimum atomic E-state index is -4.84. The maximum Gasteiger partial charge on any atom is 0.471 e. The molecule has 0 saturated carbocycles. The molecule has 4 nitrogen and oxygen atoms in total. The van der Waals surface area contributed by atoms with Crippen molar-refractivity contribution in [2.45, 2.75) is 26.1 Å². The molecule has 0 saturated heterocycles. The molecule has 0 aromatic carbocycles. The average Bonchev–Trinajstić information content (AvgIpc) is 2.53. The highest BCUT2D eigenvalue weighted by molar-refractivity contribution is 5.81. The van der Waals surface area contributed by atoms with E-state index in [1.165, 1.54) is 4.68 Å². The van der Waals surface area contributed by atoms with Gasteiger partial charge in [-0.3, -0.25) is 9.48 Å². The number of carbonyl (C=O) groups excluding carboxylic acids is 1. The molecule has 0 radical (unpaired) electrons. The Labute approximate surface area is 90.4 Å². The second kappa shape index (κ2) is 4.54. The third-order valence-corrected chi connectivity index (χ3v) is 2.02. The molecule has 1 N–H and O–H groups in total. The number of carbonyl (C=O) groups is 1. The zero-order valence-corrected chi connectivity index (χ0v) is 8.93. The highest BCUT2D eigenvalue weighted by atomic mass is 19.4. The molecular weight excluding hydrogens is 223 g/mol. The Morgan fingerprint density at radius 3 is 2.69 bits per heavy atom. The summed E-state index contributed by atoms with van der Waals surface area (Å²) in [5.41, 5.74) is 1.28. The van der Waals surface area contributed by atoms with E-state index in [2.05, 4.69) is 5.10 Å². The molecule has 0 aliphatic heterocycles. The van der Waals surface area contributed by atoms with Gasteiger partial charge in [0.05, 0.1) is 5.69 Å². The molecule has 1 aromatic rings. The molecular formula is C9H12F3N3O. The molecule has 0 fully saturated rings. The monoisotopic (exact) mass is 235 g/mol. The molecule has 0 aliphatic carbocycles. The molecule has 1 rings (SSSR count). The number of aromatic nitrogens is 2. The van der Waals surface area contributed by atoms with Gasteiger partial charge in [-0.05, 0) is 6.42 Å². The fourth-order valence-corrected chi connectivity index (χ4v) is 1.30. The van der Waals surface area contributed by atoms with Crippen LogP contribution in [0, 0.1) is 0 Å². The Kier molecular flexibility index (Phi) is 3.56. The molecule has 7 heteroatoms. The van der Waals surface area contributed by atoms with Crippen LogP contribution in [0.25, 0.3) is 0 Å². The summed E-state index contributed by atoms with van der Waals surface area (Å²) in [6, 6.07) is 0. The Morgan fingerprint density at radius 1 is 1.56 bits per heavy atom. The van der Waals surface area contributed by atoms with Crippen molar-refractivity contribution in [1.82, 2.24) is 15.1 Å². The molecule has 0 bridgehead atoms. The van der Waals surface area contributed by atoms with Gasteiger partial charge in [-0.15, -0.1) is 0 Å². The highest BCUT2D eigenvalue weighted by Gasteiger charge is 2.38. The van der Waals surface area contributed by atoms with E-state index in [0.29, 0.717) is 17.7 Å². The number of amides is 1. The van der Waals surface area contributed by atoms with Crippen LogP contribution in [0.4, 0.5) is 13.2 Å². The third-order valence-electron chi connectivity index (χ3n) is 2.02. The van der Waals surface area contributed by atoms with Gasteiger partial charge in [-0.1, -0.05) is 6.92 Å². The molecule has 1 amide bonds. The van der Waals surface area contributed by atoms with E-state index in [1.54, 1.807) is 13.2 Å². The summed E-state index contributed by atoms with van der Waals surface area (Å²) in [6.45, 7) is 1.69. The lowest BCUT2D eigenvalue weighted by Crippen LogP contribution is -2.36. The summed E-state index contributed by atoms with van der Waals surface area (Å²) in [7, 11) is 1.67. The van der Waals surface area contributed by atoms with Crippen molar-refractivity contribution in [3.05, 3.63) is 17.5 Å². The molecule has 1 heterocycles. The van der Waals surface area contributed by atoms with Gasteiger partial charge in [-0.25, -0.2) is 0 Å². The van der Waals surface area contributed by atoms with Gasteiger partial charge in [0.2, 0.25) is 0 Å². The van der Waals surface area contributed by atoms with Crippen molar-refractivity contribution in [3.8, 4) is 0 Å². The largest absolute Gasteiger partial charge is 0.471 e. The summed E-state index contributed by atoms with van der Waals surface area (Å²) < 4.78 is 37.2. The van der Waals surface area contributed by atoms with Gasteiger partial charge in [0.15, 0.2) is 0 Å². The van der Waals surface area contributed by atoms with Gasteiger partial charge in [0, 0.05) is 25.4 Å². The van der Waals surface area contributed by atoms with Crippen LogP contribution in [-0.4, -0.2) is 21.9 Å². The smallest absolute Gasteiger partial charge is 0.344 e. The summed E-state index contributed by atoms with van der Waals surface area (Å²) in [4.78, 5) is 10.6. The number of nitrogens with zero attached hydrogens (tertiary/aromatic N) is 2. The van der Waals surface area contributed by atoms with Crippen LogP contribution in [0.3, 0.4) is 0 Å². The number of rotatable bonds is 3. The number of aryl methyl sites for hydroxylation is 2. The Morgan fingerprint density at radius 2 is 2.19 bits per heavy atom. The quantitative estimate of drug-likeness (QED) is 0.854. The van der Waals surface area contributed by atoms with Crippen LogP contribution in [0.1, 0.15) is 18.2 Å². The lowest BCUT2D eigenvalue weighted by Gasteiger charge is -2.07. The predicted molar refractivity (Wildman–Crippen MR) is 50.5 cm³/mol. The number of hydrogen-bond acceptors (Lipinski definition) is 2. The van der Waals surface area contributed by atoms with Crippen LogP contribution in [0.15, 0.2) is 6.20 Å². The number of alkyl halides is 3. The SMILES string of the molecule is CCc1nn(C)cc1CNC(=O)C(F)(F)F. The lowest BCUT2D eigenvalue weighted by molar-refractivity contribution is -0.173. The fraction of sp³-hybridized carbons (Fsp3) is 0.556. The van der Waals surface area contributed by atoms with Crippen molar-refractivity contribution in [2.75, 3.05) is 0 Å². The first-order valence-corrected chi connectivity index (χ1v) is 4.71. The maximum atomic E-state index is 11.9. The van der Waals surface area contributed by atoms with Crippen LogP contribution in [0.2, 0.25) is 0 Å². The summed E-state index contributed by atoms with van der Waals surface area (Å²) in [5, 5.41) is 5.86. The minimum absolute atomic E-state index is 0.157. The van der Waals surface area contributed by atoms with E-state index in [9.17, 15) is 18.0 Å². The number of halogens is 3. The van der Waals surface area contributed by atoms with E-state index < -0.39 is 12.1 Å². The van der Waals surface area contributed by atoms with Gasteiger partial charge in [0.25, 0.3) is 0 Å². The van der Waals surface area contributed by atoms with E-state index in [1.807, 2.05) is 12.2 Å². The van der Waals surface area contributed by atoms with Gasteiger partial charge >= 0.3 is 12.1 Å². The molecule has 0 spiro atoms.